The van der Waals surface area contributed by atoms with Gasteiger partial charge in [-0.2, -0.15) is 9.61 Å². The highest BCUT2D eigenvalue weighted by Crippen LogP contribution is 2.38. The van der Waals surface area contributed by atoms with Crippen LogP contribution in [0.15, 0.2) is 34.1 Å². The number of nitrogens with two attached hydrogens (primary N) is 1. The second kappa shape index (κ2) is 11.1. The van der Waals surface area contributed by atoms with Crippen LogP contribution in [-0.4, -0.2) is 68.9 Å². The fourth-order valence-electron chi connectivity index (χ4n) is 5.66. The van der Waals surface area contributed by atoms with Gasteiger partial charge in [0.15, 0.2) is 11.2 Å². The first kappa shape index (κ1) is 26.9. The Hall–Kier alpha value is -3.92. The minimum atomic E-state index is -0.632. The largest absolute Gasteiger partial charge is 0.459 e. The van der Waals surface area contributed by atoms with Gasteiger partial charge in [0.05, 0.1) is 44.5 Å². The summed E-state index contributed by atoms with van der Waals surface area (Å²) in [5, 5.41) is 9.43. The Labute approximate surface area is 247 Å². The summed E-state index contributed by atoms with van der Waals surface area (Å²) >= 11 is 2.98. The molecule has 0 aromatic carbocycles. The molecule has 5 aromatic rings. The van der Waals surface area contributed by atoms with E-state index in [0.29, 0.717) is 36.1 Å². The number of nitrogens with one attached hydrogen (secondary N) is 1. The summed E-state index contributed by atoms with van der Waals surface area (Å²) in [5.74, 6) is -0.131. The van der Waals surface area contributed by atoms with Crippen LogP contribution in [0.25, 0.3) is 26.4 Å². The van der Waals surface area contributed by atoms with Crippen molar-refractivity contribution in [3.05, 3.63) is 51.3 Å². The molecule has 1 aliphatic carbocycles. The zero-order valence-corrected chi connectivity index (χ0v) is 24.4. The molecule has 6 N–H and O–H groups in total. The minimum Gasteiger partial charge on any atom is -0.459 e. The number of rotatable bonds is 7. The fourth-order valence-corrected chi connectivity index (χ4v) is 7.86. The quantitative estimate of drug-likeness (QED) is 0.247. The molecule has 15 heteroatoms. The Kier molecular flexibility index (Phi) is 7.09. The normalized spacial score (nSPS) is 19.5. The van der Waals surface area contributed by atoms with E-state index in [-0.39, 0.29) is 29.5 Å². The first-order valence-electron chi connectivity index (χ1n) is 13.9. The van der Waals surface area contributed by atoms with Crippen molar-refractivity contribution in [2.75, 3.05) is 36.5 Å². The second-order valence-electron chi connectivity index (χ2n) is 10.6. The lowest BCUT2D eigenvalue weighted by atomic mass is 9.91. The van der Waals surface area contributed by atoms with Crippen LogP contribution in [0.2, 0.25) is 0 Å². The van der Waals surface area contributed by atoms with E-state index >= 15 is 0 Å². The molecule has 2 aliphatic rings. The topological polar surface area (TPSA) is 181 Å². The van der Waals surface area contributed by atoms with Gasteiger partial charge in [-0.15, -0.1) is 22.7 Å². The summed E-state index contributed by atoms with van der Waals surface area (Å²) in [6.45, 7) is 2.73. The minimum absolute atomic E-state index is 0.140. The van der Waals surface area contributed by atoms with E-state index in [9.17, 15) is 9.59 Å². The van der Waals surface area contributed by atoms with E-state index < -0.39 is 5.91 Å². The average Bonchev–Trinajstić information content (AvgIpc) is 3.75. The SMILES string of the molecule is NC(=O)c1c(Cc2ncc(-c3coc4c(=O)cc(N5CCOCC5)sc34)s2)nc(N[C@H]2CCCC[C@H]2[NH3+])n2ncnc12. The molecule has 0 unspecified atom stereocenters. The van der Waals surface area contributed by atoms with Gasteiger partial charge in [-0.1, -0.05) is 6.42 Å². The standard InChI is InChI=1S/C27H29N9O4S2/c28-15-3-1-2-4-16(15)33-27-34-17(22(25(29)38)26-31-13-32-36(26)27)9-20-30-11-19(41-20)14-12-40-23-18(37)10-21(42-24(14)23)35-5-7-39-8-6-35/h10-13,15-16H,1-9,28H2,(H2,29,38)(H,33,34)/p+1/t15-,16+/m1/s1. The zero-order valence-electron chi connectivity index (χ0n) is 22.7. The number of carbonyl (C=O) groups excluding carboxylic acids is 1. The van der Waals surface area contributed by atoms with Gasteiger partial charge in [0.2, 0.25) is 11.4 Å². The molecule has 7 rings (SSSR count). The molecule has 0 spiro atoms. The van der Waals surface area contributed by atoms with Crippen LogP contribution in [0, 0.1) is 0 Å². The van der Waals surface area contributed by atoms with Crippen molar-refractivity contribution in [1.82, 2.24) is 24.6 Å². The monoisotopic (exact) mass is 608 g/mol. The number of morpholine rings is 1. The maximum atomic E-state index is 12.9. The predicted molar refractivity (Wildman–Crippen MR) is 159 cm³/mol. The van der Waals surface area contributed by atoms with Crippen molar-refractivity contribution in [3.8, 4) is 10.4 Å². The molecule has 2 atom stereocenters. The molecule has 1 saturated heterocycles. The van der Waals surface area contributed by atoms with Gasteiger partial charge < -0.3 is 30.8 Å². The Morgan fingerprint density at radius 3 is 2.83 bits per heavy atom. The summed E-state index contributed by atoms with van der Waals surface area (Å²) in [4.78, 5) is 42.3. The summed E-state index contributed by atoms with van der Waals surface area (Å²) in [6.07, 6.45) is 9.33. The number of fused-ring (bicyclic) bond motifs is 2. The number of quaternary nitrogens is 1. The van der Waals surface area contributed by atoms with Crippen molar-refractivity contribution in [1.29, 1.82) is 0 Å². The smallest absolute Gasteiger partial charge is 0.254 e. The van der Waals surface area contributed by atoms with E-state index in [2.05, 4.69) is 31.0 Å². The third-order valence-electron chi connectivity index (χ3n) is 7.86. The van der Waals surface area contributed by atoms with Gasteiger partial charge in [-0.05, 0) is 12.8 Å². The van der Waals surface area contributed by atoms with E-state index in [1.807, 2.05) is 0 Å². The Morgan fingerprint density at radius 2 is 2.02 bits per heavy atom. The van der Waals surface area contributed by atoms with Crippen molar-refractivity contribution in [3.63, 3.8) is 0 Å². The third-order valence-corrected chi connectivity index (χ3v) is 10.1. The molecule has 1 amide bonds. The number of anilines is 2. The van der Waals surface area contributed by atoms with Crippen LogP contribution in [0.4, 0.5) is 10.9 Å². The molecular weight excluding hydrogens is 578 g/mol. The van der Waals surface area contributed by atoms with Crippen molar-refractivity contribution in [2.45, 2.75) is 44.2 Å². The fraction of sp³-hybridized carbons (Fsp3) is 0.407. The van der Waals surface area contributed by atoms with Crippen LogP contribution in [0.3, 0.4) is 0 Å². The molecular formula is C27H30N9O4S2+. The number of hydrogen-bond acceptors (Lipinski definition) is 12. The summed E-state index contributed by atoms with van der Waals surface area (Å²) in [6, 6.07) is 2.02. The maximum Gasteiger partial charge on any atom is 0.254 e. The maximum absolute atomic E-state index is 12.9. The third kappa shape index (κ3) is 4.91. The molecule has 2 fully saturated rings. The molecule has 6 heterocycles. The lowest BCUT2D eigenvalue weighted by Crippen LogP contribution is -2.68. The van der Waals surface area contributed by atoms with Gasteiger partial charge in [0.25, 0.3) is 5.91 Å². The van der Waals surface area contributed by atoms with E-state index in [0.717, 1.165) is 63.9 Å². The number of hydrogen-bond donors (Lipinski definition) is 3. The van der Waals surface area contributed by atoms with Gasteiger partial charge in [0.1, 0.15) is 24.2 Å². The molecule has 5 aromatic heterocycles. The van der Waals surface area contributed by atoms with E-state index in [1.54, 1.807) is 18.5 Å². The number of aromatic nitrogens is 5. The van der Waals surface area contributed by atoms with Gasteiger partial charge in [-0.25, -0.2) is 15.0 Å². The molecule has 0 radical (unpaired) electrons. The van der Waals surface area contributed by atoms with Gasteiger partial charge in [0, 0.05) is 43.8 Å². The second-order valence-corrected chi connectivity index (χ2v) is 12.7. The Morgan fingerprint density at radius 1 is 1.19 bits per heavy atom. The molecule has 13 nitrogen and oxygen atoms in total. The number of nitrogens with zero attached hydrogens (tertiary/aromatic N) is 6. The first-order valence-corrected chi connectivity index (χ1v) is 15.5. The predicted octanol–water partition coefficient (Wildman–Crippen LogP) is 1.91. The van der Waals surface area contributed by atoms with Gasteiger partial charge >= 0.3 is 0 Å². The first-order chi connectivity index (χ1) is 20.5. The van der Waals surface area contributed by atoms with Crippen LogP contribution < -0.4 is 27.1 Å². The van der Waals surface area contributed by atoms with Crippen LogP contribution in [0.1, 0.15) is 46.7 Å². The van der Waals surface area contributed by atoms with Crippen LogP contribution >= 0.6 is 22.7 Å². The number of amides is 1. The molecule has 1 aliphatic heterocycles. The Bertz CT molecular complexity index is 1840. The van der Waals surface area contributed by atoms with E-state index in [1.165, 1.54) is 33.5 Å². The summed E-state index contributed by atoms with van der Waals surface area (Å²) in [5.41, 5.74) is 12.2. The van der Waals surface area contributed by atoms with Crippen LogP contribution in [0.5, 0.6) is 0 Å². The number of furan rings is 1. The van der Waals surface area contributed by atoms with Crippen molar-refractivity contribution < 1.29 is 19.7 Å². The molecule has 218 valence electrons. The molecule has 1 saturated carbocycles. The number of carbonyl (C=O) groups is 1. The Balaban J connectivity index is 1.23. The number of primary amides is 1. The van der Waals surface area contributed by atoms with Crippen molar-refractivity contribution in [2.24, 2.45) is 5.73 Å². The highest BCUT2D eigenvalue weighted by atomic mass is 32.1. The van der Waals surface area contributed by atoms with Crippen LogP contribution in [-0.2, 0) is 11.2 Å². The summed E-state index contributed by atoms with van der Waals surface area (Å²) < 4.78 is 13.5. The zero-order chi connectivity index (χ0) is 28.8. The summed E-state index contributed by atoms with van der Waals surface area (Å²) in [7, 11) is 0. The van der Waals surface area contributed by atoms with E-state index in [4.69, 9.17) is 19.9 Å². The highest BCUT2D eigenvalue weighted by molar-refractivity contribution is 7.23. The van der Waals surface area contributed by atoms with Crippen molar-refractivity contribution >= 4 is 55.5 Å². The molecule has 42 heavy (non-hydrogen) atoms. The molecule has 0 bridgehead atoms. The van der Waals surface area contributed by atoms with Gasteiger partial charge in [-0.3, -0.25) is 9.59 Å². The number of ether oxygens (including phenoxy) is 1. The number of thiazole rings is 1. The lowest BCUT2D eigenvalue weighted by molar-refractivity contribution is -0.427. The highest BCUT2D eigenvalue weighted by Gasteiger charge is 2.28. The lowest BCUT2D eigenvalue weighted by Gasteiger charge is -2.27. The average molecular weight is 609 g/mol.